The van der Waals surface area contributed by atoms with E-state index in [2.05, 4.69) is 20.0 Å². The number of aromatic nitrogens is 2. The number of ether oxygens (including phenoxy) is 1. The fourth-order valence-electron chi connectivity index (χ4n) is 2.89. The van der Waals surface area contributed by atoms with Crippen molar-refractivity contribution in [3.05, 3.63) is 47.4 Å². The van der Waals surface area contributed by atoms with Crippen LogP contribution in [-0.4, -0.2) is 71.3 Å². The molecular formula is C19H21N5O4. The van der Waals surface area contributed by atoms with Gasteiger partial charge in [0.15, 0.2) is 0 Å². The molecule has 9 heteroatoms. The van der Waals surface area contributed by atoms with Crippen molar-refractivity contribution in [1.29, 1.82) is 0 Å². The van der Waals surface area contributed by atoms with Crippen LogP contribution in [0, 0.1) is 6.92 Å². The van der Waals surface area contributed by atoms with Crippen molar-refractivity contribution >= 4 is 29.8 Å². The summed E-state index contributed by atoms with van der Waals surface area (Å²) in [5.41, 5.74) is 1.45. The second-order valence-electron chi connectivity index (χ2n) is 6.31. The molecule has 2 aromatic rings. The molecule has 3 rings (SSSR count). The molecule has 28 heavy (non-hydrogen) atoms. The Hall–Kier alpha value is -3.49. The molecule has 146 valence electrons. The highest BCUT2D eigenvalue weighted by molar-refractivity contribution is 5.93. The average molecular weight is 383 g/mol. The second-order valence-corrected chi connectivity index (χ2v) is 6.31. The Morgan fingerprint density at radius 2 is 1.79 bits per heavy atom. The van der Waals surface area contributed by atoms with E-state index in [1.165, 1.54) is 7.11 Å². The zero-order valence-corrected chi connectivity index (χ0v) is 15.7. The van der Waals surface area contributed by atoms with Gasteiger partial charge in [-0.05, 0) is 31.2 Å². The van der Waals surface area contributed by atoms with Crippen LogP contribution in [0.4, 0.5) is 11.5 Å². The van der Waals surface area contributed by atoms with Crippen molar-refractivity contribution in [2.24, 2.45) is 0 Å². The van der Waals surface area contributed by atoms with Crippen LogP contribution in [0.5, 0.6) is 0 Å². The zero-order valence-electron chi connectivity index (χ0n) is 15.7. The quantitative estimate of drug-likeness (QED) is 0.611. The fourth-order valence-corrected chi connectivity index (χ4v) is 2.89. The smallest absolute Gasteiger partial charge is 0.337 e. The minimum atomic E-state index is -0.410. The standard InChI is InChI=1S/C19H21N5O4/c1-13-20-16(18(26)24-9-7-23(12-25)8-10-24)11-17(21-13)22-15-5-3-14(4-6-15)19(27)28-2/h3-6,11-12H,7-10H2,1-2H3,(H,20,21,22). The van der Waals surface area contributed by atoms with Gasteiger partial charge in [0.2, 0.25) is 6.41 Å². The van der Waals surface area contributed by atoms with Crippen LogP contribution >= 0.6 is 0 Å². The van der Waals surface area contributed by atoms with Crippen molar-refractivity contribution in [1.82, 2.24) is 19.8 Å². The third-order valence-electron chi connectivity index (χ3n) is 4.39. The molecule has 9 nitrogen and oxygen atoms in total. The first-order valence-electron chi connectivity index (χ1n) is 8.80. The maximum Gasteiger partial charge on any atom is 0.337 e. The number of nitrogens with zero attached hydrogens (tertiary/aromatic N) is 4. The number of piperazine rings is 1. The van der Waals surface area contributed by atoms with Gasteiger partial charge in [0.25, 0.3) is 5.91 Å². The highest BCUT2D eigenvalue weighted by Gasteiger charge is 2.23. The minimum absolute atomic E-state index is 0.194. The van der Waals surface area contributed by atoms with Crippen molar-refractivity contribution in [3.63, 3.8) is 0 Å². The number of esters is 1. The number of methoxy groups -OCH3 is 1. The average Bonchev–Trinajstić information content (AvgIpc) is 2.73. The highest BCUT2D eigenvalue weighted by atomic mass is 16.5. The topological polar surface area (TPSA) is 105 Å². The van der Waals surface area contributed by atoms with E-state index < -0.39 is 5.97 Å². The van der Waals surface area contributed by atoms with Crippen LogP contribution in [0.3, 0.4) is 0 Å². The first-order chi connectivity index (χ1) is 13.5. The molecule has 2 amide bonds. The summed E-state index contributed by atoms with van der Waals surface area (Å²) in [4.78, 5) is 47.0. The maximum atomic E-state index is 12.8. The number of aryl methyl sites for hydroxylation is 1. The second kappa shape index (κ2) is 8.47. The van der Waals surface area contributed by atoms with Gasteiger partial charge in [0, 0.05) is 37.9 Å². The minimum Gasteiger partial charge on any atom is -0.465 e. The first kappa shape index (κ1) is 19.3. The number of hydrogen-bond donors (Lipinski definition) is 1. The van der Waals surface area contributed by atoms with Crippen LogP contribution in [0.1, 0.15) is 26.7 Å². The number of nitrogens with one attached hydrogen (secondary N) is 1. The lowest BCUT2D eigenvalue weighted by atomic mass is 10.2. The molecule has 0 spiro atoms. The summed E-state index contributed by atoms with van der Waals surface area (Å²) in [6.45, 7) is 3.68. The fraction of sp³-hybridized carbons (Fsp3) is 0.316. The summed E-state index contributed by atoms with van der Waals surface area (Å²) in [6.07, 6.45) is 0.796. The molecule has 0 bridgehead atoms. The van der Waals surface area contributed by atoms with E-state index in [-0.39, 0.29) is 5.91 Å². The van der Waals surface area contributed by atoms with E-state index in [0.29, 0.717) is 54.8 Å². The Morgan fingerprint density at radius 3 is 2.39 bits per heavy atom. The van der Waals surface area contributed by atoms with Crippen molar-refractivity contribution < 1.29 is 19.1 Å². The van der Waals surface area contributed by atoms with E-state index in [0.717, 1.165) is 6.41 Å². The SMILES string of the molecule is COC(=O)c1ccc(Nc2cc(C(=O)N3CCN(C=O)CC3)nc(C)n2)cc1. The van der Waals surface area contributed by atoms with Gasteiger partial charge in [0.05, 0.1) is 12.7 Å². The lowest BCUT2D eigenvalue weighted by Gasteiger charge is -2.32. The van der Waals surface area contributed by atoms with Crippen LogP contribution in [0.25, 0.3) is 0 Å². The van der Waals surface area contributed by atoms with Crippen molar-refractivity contribution in [3.8, 4) is 0 Å². The summed E-state index contributed by atoms with van der Waals surface area (Å²) in [6, 6.07) is 8.32. The predicted octanol–water partition coefficient (Wildman–Crippen LogP) is 1.23. The maximum absolute atomic E-state index is 12.8. The van der Waals surface area contributed by atoms with Gasteiger partial charge in [-0.2, -0.15) is 0 Å². The molecule has 1 saturated heterocycles. The monoisotopic (exact) mass is 383 g/mol. The van der Waals surface area contributed by atoms with Crippen LogP contribution in [-0.2, 0) is 9.53 Å². The lowest BCUT2D eigenvalue weighted by molar-refractivity contribution is -0.119. The Bertz CT molecular complexity index is 876. The van der Waals surface area contributed by atoms with Crippen molar-refractivity contribution in [2.45, 2.75) is 6.92 Å². The number of amides is 2. The summed E-state index contributed by atoms with van der Waals surface area (Å²) < 4.78 is 4.68. The normalized spacial score (nSPS) is 13.8. The number of carbonyl (C=O) groups excluding carboxylic acids is 3. The van der Waals surface area contributed by atoms with Gasteiger partial charge < -0.3 is 19.9 Å². The van der Waals surface area contributed by atoms with E-state index in [1.54, 1.807) is 47.1 Å². The van der Waals surface area contributed by atoms with Crippen LogP contribution in [0.15, 0.2) is 30.3 Å². The molecule has 0 radical (unpaired) electrons. The summed E-state index contributed by atoms with van der Waals surface area (Å²) in [5.74, 6) is 0.339. The van der Waals surface area contributed by atoms with Gasteiger partial charge in [-0.15, -0.1) is 0 Å². The number of rotatable bonds is 5. The Kier molecular flexibility index (Phi) is 5.83. The molecule has 2 heterocycles. The molecule has 1 aromatic carbocycles. The zero-order chi connectivity index (χ0) is 20.1. The Balaban J connectivity index is 1.73. The molecule has 0 aliphatic carbocycles. The van der Waals surface area contributed by atoms with E-state index in [1.807, 2.05) is 0 Å². The van der Waals surface area contributed by atoms with Crippen molar-refractivity contribution in [2.75, 3.05) is 38.6 Å². The molecule has 0 saturated carbocycles. The van der Waals surface area contributed by atoms with Crippen LogP contribution in [0.2, 0.25) is 0 Å². The Morgan fingerprint density at radius 1 is 1.11 bits per heavy atom. The summed E-state index contributed by atoms with van der Waals surface area (Å²) >= 11 is 0. The number of carbonyl (C=O) groups is 3. The number of anilines is 2. The lowest BCUT2D eigenvalue weighted by Crippen LogP contribution is -2.48. The number of hydrogen-bond acceptors (Lipinski definition) is 7. The molecule has 1 aromatic heterocycles. The predicted molar refractivity (Wildman–Crippen MR) is 101 cm³/mol. The molecule has 1 aliphatic rings. The molecule has 1 aliphatic heterocycles. The van der Waals surface area contributed by atoms with Gasteiger partial charge >= 0.3 is 5.97 Å². The van der Waals surface area contributed by atoms with Gasteiger partial charge in [-0.1, -0.05) is 0 Å². The molecule has 0 atom stereocenters. The van der Waals surface area contributed by atoms with Gasteiger partial charge in [0.1, 0.15) is 17.3 Å². The molecule has 1 fully saturated rings. The van der Waals surface area contributed by atoms with Gasteiger partial charge in [-0.25, -0.2) is 14.8 Å². The van der Waals surface area contributed by atoms with E-state index >= 15 is 0 Å². The van der Waals surface area contributed by atoms with E-state index in [4.69, 9.17) is 0 Å². The third-order valence-corrected chi connectivity index (χ3v) is 4.39. The van der Waals surface area contributed by atoms with E-state index in [9.17, 15) is 14.4 Å². The highest BCUT2D eigenvalue weighted by Crippen LogP contribution is 2.18. The largest absolute Gasteiger partial charge is 0.465 e. The Labute approximate surface area is 162 Å². The summed E-state index contributed by atoms with van der Waals surface area (Å²) in [7, 11) is 1.33. The molecule has 1 N–H and O–H groups in total. The summed E-state index contributed by atoms with van der Waals surface area (Å²) in [5, 5.41) is 3.11. The van der Waals surface area contributed by atoms with Gasteiger partial charge in [-0.3, -0.25) is 9.59 Å². The first-order valence-corrected chi connectivity index (χ1v) is 8.80. The molecular weight excluding hydrogens is 362 g/mol. The van der Waals surface area contributed by atoms with Crippen LogP contribution < -0.4 is 5.32 Å². The number of benzene rings is 1. The molecule has 0 unspecified atom stereocenters. The third kappa shape index (κ3) is 4.43.